The van der Waals surface area contributed by atoms with Crippen LogP contribution in [0.15, 0.2) is 130 Å². The van der Waals surface area contributed by atoms with Gasteiger partial charge in [-0.15, -0.1) is 0 Å². The molecule has 1 aliphatic rings. The van der Waals surface area contributed by atoms with Gasteiger partial charge in [-0.05, 0) is 59.7 Å². The fraction of sp³-hybridized carbons (Fsp3) is 0.182. The third-order valence-corrected chi connectivity index (χ3v) is 11.1. The molecular formula is C33H33N5O7S2. The summed E-state index contributed by atoms with van der Waals surface area (Å²) in [7, 11) is -8.14. The van der Waals surface area contributed by atoms with E-state index in [1.807, 2.05) is 30.3 Å². The molecule has 12 nitrogen and oxygen atoms in total. The summed E-state index contributed by atoms with van der Waals surface area (Å²) in [5.41, 5.74) is 3.92. The summed E-state index contributed by atoms with van der Waals surface area (Å²) < 4.78 is 61.5. The van der Waals surface area contributed by atoms with Gasteiger partial charge in [0.15, 0.2) is 6.61 Å². The SMILES string of the molecule is O=C(COc1ccc(/C=N\NC(=O)[C@H]2CN(S(=O)(=O)c3ccccc3)CCN2S(=O)(=O)c2ccccc2)cc1)NCc1ccccc1. The van der Waals surface area contributed by atoms with Crippen LogP contribution in [0.4, 0.5) is 0 Å². The molecule has 1 fully saturated rings. The van der Waals surface area contributed by atoms with Crippen molar-refractivity contribution in [1.82, 2.24) is 19.4 Å². The smallest absolute Gasteiger partial charge is 0.259 e. The highest BCUT2D eigenvalue weighted by Crippen LogP contribution is 2.25. The van der Waals surface area contributed by atoms with Crippen molar-refractivity contribution in [2.24, 2.45) is 5.10 Å². The van der Waals surface area contributed by atoms with Gasteiger partial charge in [0.2, 0.25) is 20.0 Å². The number of rotatable bonds is 12. The van der Waals surface area contributed by atoms with Crippen LogP contribution < -0.4 is 15.5 Å². The first-order valence-electron chi connectivity index (χ1n) is 14.6. The van der Waals surface area contributed by atoms with Crippen molar-refractivity contribution in [3.05, 3.63) is 126 Å². The number of hydrogen-bond acceptors (Lipinski definition) is 8. The van der Waals surface area contributed by atoms with Crippen LogP contribution in [0.25, 0.3) is 0 Å². The molecule has 14 heteroatoms. The number of nitrogens with one attached hydrogen (secondary N) is 2. The van der Waals surface area contributed by atoms with E-state index in [4.69, 9.17) is 4.74 Å². The lowest BCUT2D eigenvalue weighted by molar-refractivity contribution is -0.126. The molecule has 47 heavy (non-hydrogen) atoms. The Morgan fingerprint density at radius 2 is 1.34 bits per heavy atom. The molecule has 1 saturated heterocycles. The van der Waals surface area contributed by atoms with Gasteiger partial charge in [-0.25, -0.2) is 22.3 Å². The maximum Gasteiger partial charge on any atom is 0.259 e. The lowest BCUT2D eigenvalue weighted by Crippen LogP contribution is -2.60. The predicted octanol–water partition coefficient (Wildman–Crippen LogP) is 2.60. The van der Waals surface area contributed by atoms with Gasteiger partial charge in [0, 0.05) is 26.2 Å². The number of amides is 2. The summed E-state index contributed by atoms with van der Waals surface area (Å²) in [6.07, 6.45) is 1.35. The van der Waals surface area contributed by atoms with E-state index in [1.165, 1.54) is 30.5 Å². The third-order valence-electron chi connectivity index (χ3n) is 7.30. The Hall–Kier alpha value is -4.89. The van der Waals surface area contributed by atoms with Gasteiger partial charge < -0.3 is 10.1 Å². The summed E-state index contributed by atoms with van der Waals surface area (Å²) >= 11 is 0. The van der Waals surface area contributed by atoms with Crippen molar-refractivity contribution in [3.8, 4) is 5.75 Å². The zero-order valence-corrected chi connectivity index (χ0v) is 26.8. The molecule has 2 N–H and O–H groups in total. The maximum absolute atomic E-state index is 13.6. The molecule has 244 valence electrons. The Morgan fingerprint density at radius 1 is 0.766 bits per heavy atom. The zero-order valence-electron chi connectivity index (χ0n) is 25.2. The Labute approximate surface area is 273 Å². The van der Waals surface area contributed by atoms with E-state index in [0.29, 0.717) is 17.9 Å². The van der Waals surface area contributed by atoms with E-state index in [0.717, 1.165) is 14.2 Å². The van der Waals surface area contributed by atoms with Crippen LogP contribution in [-0.4, -0.2) is 75.8 Å². The Morgan fingerprint density at radius 3 is 1.96 bits per heavy atom. The zero-order chi connectivity index (χ0) is 33.3. The first-order chi connectivity index (χ1) is 22.6. The molecule has 0 bridgehead atoms. The van der Waals surface area contributed by atoms with Crippen molar-refractivity contribution < 1.29 is 31.2 Å². The highest BCUT2D eigenvalue weighted by atomic mass is 32.2. The van der Waals surface area contributed by atoms with Crippen molar-refractivity contribution in [1.29, 1.82) is 0 Å². The van der Waals surface area contributed by atoms with Crippen LogP contribution in [0, 0.1) is 0 Å². The molecule has 0 aromatic heterocycles. The Bertz CT molecular complexity index is 1910. The Kier molecular flexibility index (Phi) is 10.8. The fourth-order valence-corrected chi connectivity index (χ4v) is 7.87. The average molecular weight is 676 g/mol. The van der Waals surface area contributed by atoms with Crippen molar-refractivity contribution in [2.45, 2.75) is 22.4 Å². The molecule has 4 aromatic carbocycles. The van der Waals surface area contributed by atoms with E-state index in [-0.39, 0.29) is 35.4 Å². The van der Waals surface area contributed by atoms with Crippen LogP contribution in [0.2, 0.25) is 0 Å². The van der Waals surface area contributed by atoms with Crippen LogP contribution in [0.5, 0.6) is 5.75 Å². The number of hydrazone groups is 1. The minimum atomic E-state index is -4.14. The van der Waals surface area contributed by atoms with Gasteiger partial charge in [0.1, 0.15) is 11.8 Å². The highest BCUT2D eigenvalue weighted by molar-refractivity contribution is 7.89. The quantitative estimate of drug-likeness (QED) is 0.173. The first-order valence-corrected chi connectivity index (χ1v) is 17.5. The molecule has 5 rings (SSSR count). The van der Waals surface area contributed by atoms with Gasteiger partial charge in [0.25, 0.3) is 11.8 Å². The van der Waals surface area contributed by atoms with Crippen LogP contribution >= 0.6 is 0 Å². The molecule has 0 saturated carbocycles. The third kappa shape index (κ3) is 8.48. The summed E-state index contributed by atoms with van der Waals surface area (Å²) in [4.78, 5) is 25.6. The molecule has 4 aromatic rings. The molecule has 0 unspecified atom stereocenters. The summed E-state index contributed by atoms with van der Waals surface area (Å²) in [5, 5.41) is 6.77. The minimum absolute atomic E-state index is 0.0170. The first kappa shape index (κ1) is 33.5. The lowest BCUT2D eigenvalue weighted by Gasteiger charge is -2.38. The van der Waals surface area contributed by atoms with Gasteiger partial charge in [-0.2, -0.15) is 13.7 Å². The molecule has 0 radical (unpaired) electrons. The number of hydrogen-bond donors (Lipinski definition) is 2. The topological polar surface area (TPSA) is 155 Å². The van der Waals surface area contributed by atoms with E-state index in [9.17, 15) is 26.4 Å². The number of benzene rings is 4. The summed E-state index contributed by atoms with van der Waals surface area (Å²) in [6, 6.07) is 30.1. The molecule has 0 aliphatic carbocycles. The minimum Gasteiger partial charge on any atom is -0.484 e. The van der Waals surface area contributed by atoms with E-state index in [1.54, 1.807) is 60.7 Å². The van der Waals surface area contributed by atoms with Gasteiger partial charge >= 0.3 is 0 Å². The second-order valence-corrected chi connectivity index (χ2v) is 14.3. The molecule has 1 aliphatic heterocycles. The van der Waals surface area contributed by atoms with Gasteiger partial charge in [0.05, 0.1) is 16.0 Å². The highest BCUT2D eigenvalue weighted by Gasteiger charge is 2.43. The number of nitrogens with zero attached hydrogens (tertiary/aromatic N) is 3. The molecule has 0 spiro atoms. The lowest BCUT2D eigenvalue weighted by atomic mass is 10.2. The number of ether oxygens (including phenoxy) is 1. The number of carbonyl (C=O) groups is 2. The van der Waals surface area contributed by atoms with Crippen molar-refractivity contribution in [3.63, 3.8) is 0 Å². The second-order valence-electron chi connectivity index (χ2n) is 10.5. The summed E-state index contributed by atoms with van der Waals surface area (Å²) in [5.74, 6) is -0.622. The van der Waals surface area contributed by atoms with Crippen LogP contribution in [-0.2, 0) is 36.2 Å². The average Bonchev–Trinajstić information content (AvgIpc) is 3.11. The molecular weight excluding hydrogens is 643 g/mol. The number of carbonyl (C=O) groups excluding carboxylic acids is 2. The Balaban J connectivity index is 1.23. The van der Waals surface area contributed by atoms with Crippen molar-refractivity contribution >= 4 is 38.1 Å². The maximum atomic E-state index is 13.6. The monoisotopic (exact) mass is 675 g/mol. The van der Waals surface area contributed by atoms with E-state index >= 15 is 0 Å². The van der Waals surface area contributed by atoms with Crippen LogP contribution in [0.3, 0.4) is 0 Å². The van der Waals surface area contributed by atoms with Gasteiger partial charge in [-0.3, -0.25) is 9.59 Å². The standard InChI is InChI=1S/C33H33N5O7S2/c39-32(34-22-26-10-4-1-5-11-26)25-45-28-18-16-27(17-19-28)23-35-36-33(40)31-24-37(46(41,42)29-12-6-2-7-13-29)20-21-38(31)47(43,44)30-14-8-3-9-15-30/h1-19,23,31H,20-22,24-25H2,(H,34,39)(H,36,40)/b35-23-/t31-/m1/s1. The van der Waals surface area contributed by atoms with E-state index < -0.39 is 38.5 Å². The molecule has 1 heterocycles. The fourth-order valence-electron chi connectivity index (χ4n) is 4.82. The number of piperazine rings is 1. The summed E-state index contributed by atoms with van der Waals surface area (Å²) in [6.45, 7) is -0.565. The molecule has 2 amide bonds. The van der Waals surface area contributed by atoms with Gasteiger partial charge in [-0.1, -0.05) is 66.7 Å². The molecule has 1 atom stereocenters. The normalized spacial score (nSPS) is 16.0. The largest absolute Gasteiger partial charge is 0.484 e. The van der Waals surface area contributed by atoms with Crippen LogP contribution in [0.1, 0.15) is 11.1 Å². The predicted molar refractivity (Wildman–Crippen MR) is 175 cm³/mol. The van der Waals surface area contributed by atoms with E-state index in [2.05, 4.69) is 15.8 Å². The second kappa shape index (κ2) is 15.1. The number of sulfonamides is 2. The van der Waals surface area contributed by atoms with Crippen molar-refractivity contribution in [2.75, 3.05) is 26.2 Å².